The van der Waals surface area contributed by atoms with Crippen molar-refractivity contribution in [2.75, 3.05) is 19.0 Å². The van der Waals surface area contributed by atoms with Crippen molar-refractivity contribution in [2.45, 2.75) is 20.4 Å². The standard InChI is InChI=1S/C16H21N5O3/c1-11(2)15(22)17-7-8-21-10-14(19-20-21)16(23)18-12-5-4-6-13(9-12)24-3/h4-6,9-11H,7-8H2,1-3H3,(H,17,22)(H,18,23). The fourth-order valence-corrected chi connectivity index (χ4v) is 1.91. The molecule has 1 aromatic carbocycles. The minimum absolute atomic E-state index is 0.0221. The fourth-order valence-electron chi connectivity index (χ4n) is 1.91. The van der Waals surface area contributed by atoms with Crippen molar-refractivity contribution >= 4 is 17.5 Å². The van der Waals surface area contributed by atoms with Crippen LogP contribution >= 0.6 is 0 Å². The Morgan fingerprint density at radius 2 is 2.12 bits per heavy atom. The molecule has 0 saturated carbocycles. The second-order valence-corrected chi connectivity index (χ2v) is 5.50. The van der Waals surface area contributed by atoms with Crippen LogP contribution in [-0.4, -0.2) is 40.5 Å². The maximum Gasteiger partial charge on any atom is 0.277 e. The highest BCUT2D eigenvalue weighted by molar-refractivity contribution is 6.02. The zero-order chi connectivity index (χ0) is 17.5. The zero-order valence-electron chi connectivity index (χ0n) is 13.9. The number of methoxy groups -OCH3 is 1. The van der Waals surface area contributed by atoms with E-state index in [4.69, 9.17) is 4.74 Å². The summed E-state index contributed by atoms with van der Waals surface area (Å²) in [4.78, 5) is 23.6. The summed E-state index contributed by atoms with van der Waals surface area (Å²) in [7, 11) is 1.56. The number of anilines is 1. The number of rotatable bonds is 7. The number of aromatic nitrogens is 3. The van der Waals surface area contributed by atoms with Crippen LogP contribution in [0.3, 0.4) is 0 Å². The second kappa shape index (κ2) is 8.09. The highest BCUT2D eigenvalue weighted by Gasteiger charge is 2.12. The Hall–Kier alpha value is -2.90. The molecule has 0 aliphatic carbocycles. The molecule has 0 aliphatic heterocycles. The molecule has 128 valence electrons. The highest BCUT2D eigenvalue weighted by Crippen LogP contribution is 2.17. The summed E-state index contributed by atoms with van der Waals surface area (Å²) in [5.41, 5.74) is 0.811. The number of benzene rings is 1. The van der Waals surface area contributed by atoms with Crippen LogP contribution in [0.4, 0.5) is 5.69 Å². The summed E-state index contributed by atoms with van der Waals surface area (Å²) < 4.78 is 6.62. The lowest BCUT2D eigenvalue weighted by molar-refractivity contribution is -0.124. The number of hydrogen-bond acceptors (Lipinski definition) is 5. The molecule has 0 aliphatic rings. The van der Waals surface area contributed by atoms with Crippen molar-refractivity contribution in [1.29, 1.82) is 0 Å². The molecular weight excluding hydrogens is 310 g/mol. The minimum Gasteiger partial charge on any atom is -0.497 e. The number of nitrogens with zero attached hydrogens (tertiary/aromatic N) is 3. The summed E-state index contributed by atoms with van der Waals surface area (Å²) in [5.74, 6) is 0.203. The Kier molecular flexibility index (Phi) is 5.89. The summed E-state index contributed by atoms with van der Waals surface area (Å²) in [5, 5.41) is 13.2. The fraction of sp³-hybridized carbons (Fsp3) is 0.375. The van der Waals surface area contributed by atoms with Gasteiger partial charge in [-0.2, -0.15) is 0 Å². The van der Waals surface area contributed by atoms with Gasteiger partial charge in [0.2, 0.25) is 5.91 Å². The van der Waals surface area contributed by atoms with E-state index in [2.05, 4.69) is 20.9 Å². The van der Waals surface area contributed by atoms with E-state index >= 15 is 0 Å². The molecule has 2 aromatic rings. The molecular formula is C16H21N5O3. The molecule has 0 fully saturated rings. The van der Waals surface area contributed by atoms with Gasteiger partial charge in [0.05, 0.1) is 19.9 Å². The first-order valence-corrected chi connectivity index (χ1v) is 7.63. The third kappa shape index (κ3) is 4.80. The van der Waals surface area contributed by atoms with Crippen molar-refractivity contribution in [1.82, 2.24) is 20.3 Å². The van der Waals surface area contributed by atoms with Gasteiger partial charge in [0.1, 0.15) is 5.75 Å². The largest absolute Gasteiger partial charge is 0.497 e. The molecule has 1 heterocycles. The number of carbonyl (C=O) groups is 2. The lowest BCUT2D eigenvalue weighted by atomic mass is 10.2. The van der Waals surface area contributed by atoms with Crippen LogP contribution < -0.4 is 15.4 Å². The summed E-state index contributed by atoms with van der Waals surface area (Å²) in [6.45, 7) is 4.52. The molecule has 8 heteroatoms. The first-order valence-electron chi connectivity index (χ1n) is 7.63. The van der Waals surface area contributed by atoms with E-state index in [1.54, 1.807) is 31.4 Å². The maximum atomic E-state index is 12.2. The Morgan fingerprint density at radius 1 is 1.33 bits per heavy atom. The molecule has 2 rings (SSSR count). The lowest BCUT2D eigenvalue weighted by Crippen LogP contribution is -2.30. The normalized spacial score (nSPS) is 10.5. The summed E-state index contributed by atoms with van der Waals surface area (Å²) in [6, 6.07) is 7.04. The maximum absolute atomic E-state index is 12.2. The van der Waals surface area contributed by atoms with E-state index in [0.29, 0.717) is 24.5 Å². The van der Waals surface area contributed by atoms with Crippen LogP contribution in [0.15, 0.2) is 30.5 Å². The number of ether oxygens (including phenoxy) is 1. The van der Waals surface area contributed by atoms with Gasteiger partial charge in [-0.15, -0.1) is 5.10 Å². The topological polar surface area (TPSA) is 98.1 Å². The van der Waals surface area contributed by atoms with E-state index in [-0.39, 0.29) is 23.4 Å². The number of amides is 2. The van der Waals surface area contributed by atoms with Gasteiger partial charge in [-0.05, 0) is 12.1 Å². The third-order valence-corrected chi connectivity index (χ3v) is 3.26. The van der Waals surface area contributed by atoms with Crippen molar-refractivity contribution in [3.63, 3.8) is 0 Å². The van der Waals surface area contributed by atoms with Crippen LogP contribution in [0.2, 0.25) is 0 Å². The molecule has 0 unspecified atom stereocenters. The van der Waals surface area contributed by atoms with Crippen molar-refractivity contribution < 1.29 is 14.3 Å². The molecule has 24 heavy (non-hydrogen) atoms. The average Bonchev–Trinajstić information content (AvgIpc) is 3.04. The first-order chi connectivity index (χ1) is 11.5. The lowest BCUT2D eigenvalue weighted by Gasteiger charge is -2.06. The smallest absolute Gasteiger partial charge is 0.277 e. The van der Waals surface area contributed by atoms with Crippen molar-refractivity contribution in [3.05, 3.63) is 36.2 Å². The first kappa shape index (κ1) is 17.5. The van der Waals surface area contributed by atoms with E-state index in [1.165, 1.54) is 10.9 Å². The van der Waals surface area contributed by atoms with Crippen LogP contribution in [-0.2, 0) is 11.3 Å². The second-order valence-electron chi connectivity index (χ2n) is 5.50. The quantitative estimate of drug-likeness (QED) is 0.797. The van der Waals surface area contributed by atoms with Crippen LogP contribution in [0.1, 0.15) is 24.3 Å². The Balaban J connectivity index is 1.89. The molecule has 0 saturated heterocycles. The van der Waals surface area contributed by atoms with Gasteiger partial charge in [-0.1, -0.05) is 25.1 Å². The molecule has 0 bridgehead atoms. The molecule has 0 atom stereocenters. The molecule has 2 N–H and O–H groups in total. The van der Waals surface area contributed by atoms with Crippen LogP contribution in [0.5, 0.6) is 5.75 Å². The van der Waals surface area contributed by atoms with E-state index in [0.717, 1.165) is 0 Å². The van der Waals surface area contributed by atoms with Gasteiger partial charge in [0, 0.05) is 24.2 Å². The highest BCUT2D eigenvalue weighted by atomic mass is 16.5. The summed E-state index contributed by atoms with van der Waals surface area (Å²) in [6.07, 6.45) is 1.54. The van der Waals surface area contributed by atoms with Gasteiger partial charge in [0.15, 0.2) is 5.69 Å². The SMILES string of the molecule is COc1cccc(NC(=O)c2cn(CCNC(=O)C(C)C)nn2)c1. The van der Waals surface area contributed by atoms with Gasteiger partial charge in [0.25, 0.3) is 5.91 Å². The van der Waals surface area contributed by atoms with Crippen LogP contribution in [0, 0.1) is 5.92 Å². The van der Waals surface area contributed by atoms with Gasteiger partial charge >= 0.3 is 0 Å². The predicted molar refractivity (Wildman–Crippen MR) is 88.8 cm³/mol. The summed E-state index contributed by atoms with van der Waals surface area (Å²) >= 11 is 0. The molecule has 0 radical (unpaired) electrons. The van der Waals surface area contributed by atoms with E-state index < -0.39 is 0 Å². The van der Waals surface area contributed by atoms with Crippen molar-refractivity contribution in [3.8, 4) is 5.75 Å². The molecule has 0 spiro atoms. The number of hydrogen-bond donors (Lipinski definition) is 2. The Morgan fingerprint density at radius 3 is 2.83 bits per heavy atom. The van der Waals surface area contributed by atoms with Crippen LogP contribution in [0.25, 0.3) is 0 Å². The Labute approximate surface area is 140 Å². The van der Waals surface area contributed by atoms with E-state index in [1.807, 2.05) is 13.8 Å². The number of carbonyl (C=O) groups excluding carboxylic acids is 2. The minimum atomic E-state index is -0.360. The Bertz CT molecular complexity index is 711. The molecule has 2 amide bonds. The average molecular weight is 331 g/mol. The van der Waals surface area contributed by atoms with E-state index in [9.17, 15) is 9.59 Å². The third-order valence-electron chi connectivity index (χ3n) is 3.26. The van der Waals surface area contributed by atoms with Crippen molar-refractivity contribution in [2.24, 2.45) is 5.92 Å². The number of nitrogens with one attached hydrogen (secondary N) is 2. The predicted octanol–water partition coefficient (Wildman–Crippen LogP) is 1.31. The zero-order valence-corrected chi connectivity index (χ0v) is 13.9. The van der Waals surface area contributed by atoms with Gasteiger partial charge in [-0.25, -0.2) is 4.68 Å². The van der Waals surface area contributed by atoms with Gasteiger partial charge in [-0.3, -0.25) is 9.59 Å². The van der Waals surface area contributed by atoms with Gasteiger partial charge < -0.3 is 15.4 Å². The molecule has 8 nitrogen and oxygen atoms in total. The monoisotopic (exact) mass is 331 g/mol. The molecule has 1 aromatic heterocycles.